The molecule has 0 amide bonds. The summed E-state index contributed by atoms with van der Waals surface area (Å²) in [6.45, 7) is 3.92. The lowest BCUT2D eigenvalue weighted by atomic mass is 10.4. The Morgan fingerprint density at radius 3 is 3.00 bits per heavy atom. The maximum absolute atomic E-state index is 8.32. The predicted octanol–water partition coefficient (Wildman–Crippen LogP) is 1.58. The summed E-state index contributed by atoms with van der Waals surface area (Å²) in [7, 11) is 0. The van der Waals surface area contributed by atoms with Gasteiger partial charge in [-0.25, -0.2) is 4.98 Å². The summed E-state index contributed by atoms with van der Waals surface area (Å²) in [5.74, 6) is 0. The zero-order valence-corrected chi connectivity index (χ0v) is 7.27. The number of nitriles is 1. The van der Waals surface area contributed by atoms with Crippen LogP contribution in [-0.2, 0) is 0 Å². The average Bonchev–Trinajstić information content (AvgIpc) is 2.36. The number of hydrogen-bond acceptors (Lipinski definition) is 4. The number of rotatable bonds is 2. The third-order valence-electron chi connectivity index (χ3n) is 1.29. The molecule has 0 aromatic carbocycles. The van der Waals surface area contributed by atoms with Crippen molar-refractivity contribution in [2.75, 3.05) is 0 Å². The van der Waals surface area contributed by atoms with Crippen LogP contribution in [0.15, 0.2) is 6.20 Å². The van der Waals surface area contributed by atoms with Gasteiger partial charge < -0.3 is 5.32 Å². The second-order valence-electron chi connectivity index (χ2n) is 2.29. The van der Waals surface area contributed by atoms with E-state index in [9.17, 15) is 0 Å². The normalized spacial score (nSPS) is 12.1. The van der Waals surface area contributed by atoms with E-state index in [4.69, 9.17) is 5.26 Å². The quantitative estimate of drug-likeness (QED) is 0.537. The van der Waals surface area contributed by atoms with Crippen molar-refractivity contribution in [2.45, 2.75) is 19.9 Å². The number of aromatic nitrogens is 1. The highest BCUT2D eigenvalue weighted by molar-refractivity contribution is 7.11. The van der Waals surface area contributed by atoms with Crippen molar-refractivity contribution < 1.29 is 0 Å². The maximum Gasteiger partial charge on any atom is 0.177 e. The van der Waals surface area contributed by atoms with E-state index in [0.717, 1.165) is 5.01 Å². The molecule has 4 heteroatoms. The zero-order valence-electron chi connectivity index (χ0n) is 6.46. The lowest BCUT2D eigenvalue weighted by Crippen LogP contribution is -2.10. The van der Waals surface area contributed by atoms with Crippen LogP contribution in [0.2, 0.25) is 0 Å². The van der Waals surface area contributed by atoms with Crippen LogP contribution in [-0.4, -0.2) is 4.98 Å². The molecule has 1 unspecified atom stereocenters. The molecule has 0 aliphatic carbocycles. The van der Waals surface area contributed by atoms with Gasteiger partial charge in [-0.1, -0.05) is 0 Å². The molecule has 0 aliphatic rings. The maximum atomic E-state index is 8.32. The molecule has 1 atom stereocenters. The Morgan fingerprint density at radius 2 is 2.55 bits per heavy atom. The molecule has 1 aromatic heterocycles. The Bertz CT molecular complexity index is 273. The summed E-state index contributed by atoms with van der Waals surface area (Å²) in [6, 6.07) is 0.0405. The van der Waals surface area contributed by atoms with Gasteiger partial charge in [-0.05, 0) is 13.8 Å². The van der Waals surface area contributed by atoms with Gasteiger partial charge in [-0.15, -0.1) is 11.3 Å². The Labute approximate surface area is 69.7 Å². The molecule has 0 fully saturated rings. The zero-order chi connectivity index (χ0) is 8.27. The van der Waals surface area contributed by atoms with Crippen LogP contribution in [0.25, 0.3) is 0 Å². The van der Waals surface area contributed by atoms with Crippen molar-refractivity contribution >= 4 is 11.3 Å². The average molecular weight is 167 g/mol. The molecule has 1 N–H and O–H groups in total. The lowest BCUT2D eigenvalue weighted by Gasteiger charge is -2.02. The first-order chi connectivity index (χ1) is 5.24. The van der Waals surface area contributed by atoms with Crippen LogP contribution in [0.5, 0.6) is 0 Å². The Balaban J connectivity index is 2.70. The molecule has 0 bridgehead atoms. The van der Waals surface area contributed by atoms with Crippen molar-refractivity contribution in [3.63, 3.8) is 0 Å². The summed E-state index contributed by atoms with van der Waals surface area (Å²) < 4.78 is 0. The van der Waals surface area contributed by atoms with E-state index in [2.05, 4.69) is 10.3 Å². The van der Waals surface area contributed by atoms with E-state index >= 15 is 0 Å². The fraction of sp³-hybridized carbons (Fsp3) is 0.429. The summed E-state index contributed by atoms with van der Waals surface area (Å²) in [4.78, 5) is 5.31. The van der Waals surface area contributed by atoms with Gasteiger partial charge in [0.15, 0.2) is 6.19 Å². The minimum absolute atomic E-state index is 0.0405. The second kappa shape index (κ2) is 3.35. The van der Waals surface area contributed by atoms with Gasteiger partial charge in [0.1, 0.15) is 5.01 Å². The molecule has 0 spiro atoms. The van der Waals surface area contributed by atoms with E-state index in [-0.39, 0.29) is 6.04 Å². The Kier molecular flexibility index (Phi) is 2.44. The van der Waals surface area contributed by atoms with Crippen LogP contribution >= 0.6 is 11.3 Å². The molecule has 3 nitrogen and oxygen atoms in total. The summed E-state index contributed by atoms with van der Waals surface area (Å²) in [6.07, 6.45) is 3.71. The van der Waals surface area contributed by atoms with E-state index in [0.29, 0.717) is 0 Å². The van der Waals surface area contributed by atoms with Crippen molar-refractivity contribution in [2.24, 2.45) is 0 Å². The first-order valence-corrected chi connectivity index (χ1v) is 4.12. The van der Waals surface area contributed by atoms with Crippen LogP contribution < -0.4 is 5.32 Å². The third kappa shape index (κ3) is 1.92. The SMILES string of the molecule is Cc1cnc(C(C)NC#N)s1. The van der Waals surface area contributed by atoms with Crippen LogP contribution in [0.1, 0.15) is 22.9 Å². The highest BCUT2D eigenvalue weighted by Crippen LogP contribution is 2.18. The molecule has 0 saturated heterocycles. The van der Waals surface area contributed by atoms with E-state index in [1.807, 2.05) is 26.2 Å². The van der Waals surface area contributed by atoms with Gasteiger partial charge in [0, 0.05) is 11.1 Å². The van der Waals surface area contributed by atoms with Gasteiger partial charge in [0.2, 0.25) is 0 Å². The monoisotopic (exact) mass is 167 g/mol. The molecule has 1 heterocycles. The highest BCUT2D eigenvalue weighted by Gasteiger charge is 2.06. The number of aryl methyl sites for hydroxylation is 1. The highest BCUT2D eigenvalue weighted by atomic mass is 32.1. The van der Waals surface area contributed by atoms with E-state index < -0.39 is 0 Å². The summed E-state index contributed by atoms with van der Waals surface area (Å²) in [5.41, 5.74) is 0. The molecule has 0 radical (unpaired) electrons. The fourth-order valence-electron chi connectivity index (χ4n) is 0.731. The lowest BCUT2D eigenvalue weighted by molar-refractivity contribution is 0.691. The van der Waals surface area contributed by atoms with Crippen LogP contribution in [0.4, 0.5) is 0 Å². The van der Waals surface area contributed by atoms with Crippen LogP contribution in [0.3, 0.4) is 0 Å². The van der Waals surface area contributed by atoms with E-state index in [1.54, 1.807) is 11.3 Å². The fourth-order valence-corrected chi connectivity index (χ4v) is 1.51. The first-order valence-electron chi connectivity index (χ1n) is 3.31. The van der Waals surface area contributed by atoms with Crippen molar-refractivity contribution in [3.8, 4) is 6.19 Å². The van der Waals surface area contributed by atoms with Gasteiger partial charge in [-0.3, -0.25) is 0 Å². The Morgan fingerprint density at radius 1 is 1.82 bits per heavy atom. The molecule has 0 aliphatic heterocycles. The molecule has 58 valence electrons. The van der Waals surface area contributed by atoms with Gasteiger partial charge in [-0.2, -0.15) is 5.26 Å². The van der Waals surface area contributed by atoms with Crippen molar-refractivity contribution in [1.82, 2.24) is 10.3 Å². The van der Waals surface area contributed by atoms with E-state index in [1.165, 1.54) is 4.88 Å². The number of hydrogen-bond donors (Lipinski definition) is 1. The minimum atomic E-state index is 0.0405. The molecule has 11 heavy (non-hydrogen) atoms. The number of thiazole rings is 1. The number of nitrogens with zero attached hydrogens (tertiary/aromatic N) is 2. The first kappa shape index (κ1) is 8.02. The topological polar surface area (TPSA) is 48.7 Å². The van der Waals surface area contributed by atoms with Gasteiger partial charge in [0.25, 0.3) is 0 Å². The smallest absolute Gasteiger partial charge is 0.177 e. The molecule has 1 rings (SSSR count). The summed E-state index contributed by atoms with van der Waals surface area (Å²) >= 11 is 1.61. The van der Waals surface area contributed by atoms with Gasteiger partial charge in [0.05, 0.1) is 6.04 Å². The second-order valence-corrected chi connectivity index (χ2v) is 3.55. The molecule has 0 saturated carbocycles. The van der Waals surface area contributed by atoms with Crippen molar-refractivity contribution in [1.29, 1.82) is 5.26 Å². The number of nitrogens with one attached hydrogen (secondary N) is 1. The predicted molar refractivity (Wildman–Crippen MR) is 44.0 cm³/mol. The summed E-state index contributed by atoms with van der Waals surface area (Å²) in [5, 5.41) is 11.9. The van der Waals surface area contributed by atoms with Crippen LogP contribution in [0, 0.1) is 18.4 Å². The van der Waals surface area contributed by atoms with Crippen molar-refractivity contribution in [3.05, 3.63) is 16.1 Å². The molecular formula is C7H9N3S. The molecule has 1 aromatic rings. The minimum Gasteiger partial charge on any atom is -0.314 e. The Hall–Kier alpha value is -1.08. The van der Waals surface area contributed by atoms with Gasteiger partial charge >= 0.3 is 0 Å². The molecular weight excluding hydrogens is 158 g/mol. The largest absolute Gasteiger partial charge is 0.314 e. The standard InChI is InChI=1S/C7H9N3S/c1-5-3-9-7(11-5)6(2)10-4-8/h3,6,10H,1-2H3. The third-order valence-corrected chi connectivity index (χ3v) is 2.39.